The zero-order chi connectivity index (χ0) is 16.0. The van der Waals surface area contributed by atoms with Gasteiger partial charge in [0.2, 0.25) is 0 Å². The molecule has 0 aromatic heterocycles. The topological polar surface area (TPSA) is 29.5 Å². The number of amides is 1. The van der Waals surface area contributed by atoms with Crippen LogP contribution in [0.25, 0.3) is 0 Å². The minimum atomic E-state index is -0.467. The minimum Gasteiger partial charge on any atom is -0.447 e. The average Bonchev–Trinajstić information content (AvgIpc) is 3.09. The maximum atomic E-state index is 13.3. The van der Waals surface area contributed by atoms with Crippen LogP contribution in [-0.4, -0.2) is 30.2 Å². The van der Waals surface area contributed by atoms with Crippen LogP contribution < -0.4 is 0 Å². The summed E-state index contributed by atoms with van der Waals surface area (Å²) in [6, 6.07) is 12.6. The Labute approximate surface area is 132 Å². The first-order valence-electron chi connectivity index (χ1n) is 7.54. The van der Waals surface area contributed by atoms with Gasteiger partial charge in [0, 0.05) is 12.0 Å². The fraction of sp³-hybridized carbons (Fsp3) is 0.278. The fourth-order valence-corrected chi connectivity index (χ4v) is 3.73. The van der Waals surface area contributed by atoms with E-state index in [0.29, 0.717) is 19.6 Å². The molecule has 1 unspecified atom stereocenters. The van der Waals surface area contributed by atoms with Gasteiger partial charge >= 0.3 is 6.09 Å². The third-order valence-electron chi connectivity index (χ3n) is 4.89. The summed E-state index contributed by atoms with van der Waals surface area (Å²) < 4.78 is 31.7. The first-order valence-corrected chi connectivity index (χ1v) is 7.54. The van der Waals surface area contributed by atoms with Crippen molar-refractivity contribution in [1.29, 1.82) is 0 Å². The lowest BCUT2D eigenvalue weighted by molar-refractivity contribution is 0.156. The third kappa shape index (κ3) is 2.19. The lowest BCUT2D eigenvalue weighted by Gasteiger charge is -2.31. The van der Waals surface area contributed by atoms with E-state index < -0.39 is 5.41 Å². The molecule has 2 aliphatic rings. The summed E-state index contributed by atoms with van der Waals surface area (Å²) >= 11 is 0. The zero-order valence-electron chi connectivity index (χ0n) is 12.3. The molecular weight excluding hydrogens is 300 g/mol. The van der Waals surface area contributed by atoms with Gasteiger partial charge in [0.15, 0.2) is 0 Å². The molecule has 23 heavy (non-hydrogen) atoms. The van der Waals surface area contributed by atoms with Crippen LogP contribution in [0.3, 0.4) is 0 Å². The Bertz CT molecular complexity index is 697. The highest BCUT2D eigenvalue weighted by Crippen LogP contribution is 2.45. The van der Waals surface area contributed by atoms with Crippen LogP contribution in [0.1, 0.15) is 17.5 Å². The number of cyclic esters (lactones) is 1. The number of rotatable bonds is 2. The number of hydrogen-bond acceptors (Lipinski definition) is 2. The normalized spacial score (nSPS) is 22.1. The molecule has 0 N–H and O–H groups in total. The van der Waals surface area contributed by atoms with Crippen LogP contribution in [0, 0.1) is 11.6 Å². The summed E-state index contributed by atoms with van der Waals surface area (Å²) in [5, 5.41) is 0. The molecule has 3 nitrogen and oxygen atoms in total. The van der Waals surface area contributed by atoms with Gasteiger partial charge in [0.25, 0.3) is 0 Å². The summed E-state index contributed by atoms with van der Waals surface area (Å²) in [4.78, 5) is 13.6. The Balaban J connectivity index is 1.83. The summed E-state index contributed by atoms with van der Waals surface area (Å²) in [7, 11) is 0. The first kappa shape index (κ1) is 14.2. The second-order valence-electron chi connectivity index (χ2n) is 6.16. The largest absolute Gasteiger partial charge is 0.447 e. The number of carbonyl (C=O) groups excluding carboxylic acids is 1. The number of fused-ring (bicyclic) bond motifs is 1. The highest BCUT2D eigenvalue weighted by atomic mass is 19.1. The second-order valence-corrected chi connectivity index (χ2v) is 6.16. The smallest absolute Gasteiger partial charge is 0.410 e. The van der Waals surface area contributed by atoms with Crippen molar-refractivity contribution in [2.45, 2.75) is 17.9 Å². The van der Waals surface area contributed by atoms with E-state index >= 15 is 0 Å². The van der Waals surface area contributed by atoms with Crippen molar-refractivity contribution >= 4 is 6.09 Å². The van der Waals surface area contributed by atoms with Gasteiger partial charge in [-0.05, 0) is 41.8 Å². The van der Waals surface area contributed by atoms with Crippen LogP contribution >= 0.6 is 0 Å². The second kappa shape index (κ2) is 5.05. The van der Waals surface area contributed by atoms with E-state index in [0.717, 1.165) is 11.1 Å². The molecule has 2 aromatic carbocycles. The molecule has 5 heteroatoms. The molecule has 0 bridgehead atoms. The Hall–Kier alpha value is -2.43. The summed E-state index contributed by atoms with van der Waals surface area (Å²) in [6.45, 7) is 0.816. The number of halogens is 2. The quantitative estimate of drug-likeness (QED) is 0.849. The Morgan fingerprint density at radius 3 is 1.96 bits per heavy atom. The van der Waals surface area contributed by atoms with Crippen molar-refractivity contribution in [1.82, 2.24) is 4.90 Å². The van der Waals surface area contributed by atoms with E-state index in [9.17, 15) is 13.6 Å². The molecule has 1 atom stereocenters. The van der Waals surface area contributed by atoms with Crippen LogP contribution in [0.5, 0.6) is 0 Å². The van der Waals surface area contributed by atoms with Crippen molar-refractivity contribution in [3.8, 4) is 0 Å². The lowest BCUT2D eigenvalue weighted by atomic mass is 9.73. The van der Waals surface area contributed by atoms with Crippen molar-refractivity contribution < 1.29 is 18.3 Å². The van der Waals surface area contributed by atoms with Gasteiger partial charge in [-0.15, -0.1) is 0 Å². The number of carbonyl (C=O) groups is 1. The van der Waals surface area contributed by atoms with Gasteiger partial charge in [0.1, 0.15) is 18.2 Å². The maximum Gasteiger partial charge on any atom is 0.410 e. The number of ether oxygens (including phenoxy) is 1. The fourth-order valence-electron chi connectivity index (χ4n) is 3.73. The van der Waals surface area contributed by atoms with E-state index in [-0.39, 0.29) is 23.8 Å². The van der Waals surface area contributed by atoms with Gasteiger partial charge in [-0.25, -0.2) is 13.6 Å². The number of hydrogen-bond donors (Lipinski definition) is 0. The predicted molar refractivity (Wildman–Crippen MR) is 80.0 cm³/mol. The van der Waals surface area contributed by atoms with Gasteiger partial charge in [0.05, 0.1) is 6.04 Å². The number of nitrogens with zero attached hydrogens (tertiary/aromatic N) is 1. The van der Waals surface area contributed by atoms with Crippen LogP contribution in [0.2, 0.25) is 0 Å². The van der Waals surface area contributed by atoms with Gasteiger partial charge in [-0.2, -0.15) is 0 Å². The molecule has 0 saturated carbocycles. The van der Waals surface area contributed by atoms with Crippen LogP contribution in [0.15, 0.2) is 48.5 Å². The molecular formula is C18H15F2NO2. The Morgan fingerprint density at radius 2 is 1.48 bits per heavy atom. The van der Waals surface area contributed by atoms with Gasteiger partial charge in [-0.3, -0.25) is 0 Å². The number of benzene rings is 2. The van der Waals surface area contributed by atoms with Gasteiger partial charge < -0.3 is 9.64 Å². The maximum absolute atomic E-state index is 13.3. The van der Waals surface area contributed by atoms with E-state index in [4.69, 9.17) is 4.74 Å². The van der Waals surface area contributed by atoms with Crippen molar-refractivity contribution in [3.63, 3.8) is 0 Å². The molecule has 1 amide bonds. The van der Waals surface area contributed by atoms with Gasteiger partial charge in [-0.1, -0.05) is 24.3 Å². The molecule has 0 spiro atoms. The molecule has 2 heterocycles. The molecule has 2 fully saturated rings. The molecule has 2 aromatic rings. The highest BCUT2D eigenvalue weighted by Gasteiger charge is 2.51. The molecule has 0 aliphatic carbocycles. The average molecular weight is 315 g/mol. The van der Waals surface area contributed by atoms with E-state index in [1.165, 1.54) is 24.3 Å². The molecule has 2 aliphatic heterocycles. The first-order chi connectivity index (χ1) is 11.1. The lowest BCUT2D eigenvalue weighted by Crippen LogP contribution is -2.34. The monoisotopic (exact) mass is 315 g/mol. The molecule has 118 valence electrons. The summed E-state index contributed by atoms with van der Waals surface area (Å²) in [6.07, 6.45) is 0.358. The standard InChI is InChI=1S/C18H15F2NO2/c19-14-5-1-12(2-6-14)18(13-3-7-15(20)8-4-13)9-16-10-23-17(22)21(16)11-18/h1-8,16H,9-11H2. The summed E-state index contributed by atoms with van der Waals surface area (Å²) in [5.41, 5.74) is 1.38. The molecule has 2 saturated heterocycles. The van der Waals surface area contributed by atoms with E-state index in [2.05, 4.69) is 0 Å². The van der Waals surface area contributed by atoms with Crippen molar-refractivity contribution in [2.24, 2.45) is 0 Å². The predicted octanol–water partition coefficient (Wildman–Crippen LogP) is 3.48. The zero-order valence-corrected chi connectivity index (χ0v) is 12.3. The molecule has 4 rings (SSSR count). The van der Waals surface area contributed by atoms with Crippen molar-refractivity contribution in [3.05, 3.63) is 71.3 Å². The van der Waals surface area contributed by atoms with Crippen LogP contribution in [0.4, 0.5) is 13.6 Å². The van der Waals surface area contributed by atoms with Crippen LogP contribution in [-0.2, 0) is 10.2 Å². The highest BCUT2D eigenvalue weighted by molar-refractivity contribution is 5.71. The molecule has 0 radical (unpaired) electrons. The Morgan fingerprint density at radius 1 is 0.957 bits per heavy atom. The summed E-state index contributed by atoms with van der Waals surface area (Å²) in [5.74, 6) is -0.609. The van der Waals surface area contributed by atoms with E-state index in [1.54, 1.807) is 29.2 Å². The Kier molecular flexibility index (Phi) is 3.11. The SMILES string of the molecule is O=C1OCC2CC(c3ccc(F)cc3)(c3ccc(F)cc3)CN12. The third-order valence-corrected chi connectivity index (χ3v) is 4.89. The van der Waals surface area contributed by atoms with E-state index in [1.807, 2.05) is 0 Å². The minimum absolute atomic E-state index is 0.00222. The van der Waals surface area contributed by atoms with Crippen molar-refractivity contribution in [2.75, 3.05) is 13.2 Å².